The largest absolute Gasteiger partial charge is 0.349 e. The second kappa shape index (κ2) is 6.17. The van der Waals surface area contributed by atoms with Crippen LogP contribution in [0.3, 0.4) is 0 Å². The van der Waals surface area contributed by atoms with E-state index in [0.29, 0.717) is 11.3 Å². The molecule has 8 heteroatoms. The fraction of sp³-hybridized carbons (Fsp3) is 0.200. The predicted molar refractivity (Wildman–Crippen MR) is 85.9 cm³/mol. The van der Waals surface area contributed by atoms with Crippen molar-refractivity contribution in [3.8, 4) is 0 Å². The van der Waals surface area contributed by atoms with Crippen LogP contribution in [0.15, 0.2) is 36.4 Å². The first kappa shape index (κ1) is 15.2. The van der Waals surface area contributed by atoms with Crippen LogP contribution in [0, 0.1) is 10.1 Å². The number of nitrogens with one attached hydrogen (secondary N) is 2. The van der Waals surface area contributed by atoms with Gasteiger partial charge in [0, 0.05) is 23.4 Å². The number of thiophene rings is 1. The van der Waals surface area contributed by atoms with Gasteiger partial charge in [-0.25, -0.2) is 0 Å². The summed E-state index contributed by atoms with van der Waals surface area (Å²) in [6.07, 6.45) is 2.04. The average molecular weight is 331 g/mol. The second-order valence-electron chi connectivity index (χ2n) is 5.17. The Bertz CT molecular complexity index is 765. The number of anilines is 1. The standard InChI is InChI=1S/C15H13N3O4S/c19-14(16-11-5-6-11)9-1-3-10(4-2-9)17-15(20)12-7-8-13(23-12)18(21)22/h1-4,7-8,11H,5-6H2,(H,16,19)(H,17,20). The number of nitrogens with zero attached hydrogens (tertiary/aromatic N) is 1. The van der Waals surface area contributed by atoms with Crippen molar-refractivity contribution in [3.63, 3.8) is 0 Å². The Hall–Kier alpha value is -2.74. The van der Waals surface area contributed by atoms with E-state index in [1.807, 2.05) is 0 Å². The van der Waals surface area contributed by atoms with E-state index in [1.54, 1.807) is 24.3 Å². The predicted octanol–water partition coefficient (Wildman–Crippen LogP) is 2.80. The SMILES string of the molecule is O=C(NC1CC1)c1ccc(NC(=O)c2ccc([N+](=O)[O-])s2)cc1. The first-order valence-corrected chi connectivity index (χ1v) is 7.81. The van der Waals surface area contributed by atoms with Crippen molar-refractivity contribution in [2.24, 2.45) is 0 Å². The summed E-state index contributed by atoms with van der Waals surface area (Å²) in [4.78, 5) is 34.2. The molecule has 2 N–H and O–H groups in total. The lowest BCUT2D eigenvalue weighted by Crippen LogP contribution is -2.25. The van der Waals surface area contributed by atoms with E-state index in [0.717, 1.165) is 24.2 Å². The number of carbonyl (C=O) groups excluding carboxylic acids is 2. The van der Waals surface area contributed by atoms with E-state index in [-0.39, 0.29) is 21.8 Å². The molecule has 0 atom stereocenters. The Balaban J connectivity index is 1.63. The van der Waals surface area contributed by atoms with Crippen molar-refractivity contribution >= 4 is 33.8 Å². The first-order chi connectivity index (χ1) is 11.0. The molecule has 1 aromatic heterocycles. The molecule has 0 radical (unpaired) electrons. The Morgan fingerprint density at radius 1 is 1.09 bits per heavy atom. The van der Waals surface area contributed by atoms with Crippen LogP contribution in [0.1, 0.15) is 32.9 Å². The lowest BCUT2D eigenvalue weighted by molar-refractivity contribution is -0.380. The lowest BCUT2D eigenvalue weighted by atomic mass is 10.2. The van der Waals surface area contributed by atoms with Crippen LogP contribution in [0.25, 0.3) is 0 Å². The highest BCUT2D eigenvalue weighted by molar-refractivity contribution is 7.17. The molecule has 0 saturated heterocycles. The Kier molecular flexibility index (Phi) is 4.07. The lowest BCUT2D eigenvalue weighted by Gasteiger charge is -2.06. The number of amides is 2. The minimum absolute atomic E-state index is 0.0813. The Morgan fingerprint density at radius 2 is 1.78 bits per heavy atom. The van der Waals surface area contributed by atoms with Crippen LogP contribution in [0.2, 0.25) is 0 Å². The van der Waals surface area contributed by atoms with E-state index in [2.05, 4.69) is 10.6 Å². The minimum atomic E-state index is -0.533. The zero-order chi connectivity index (χ0) is 16.4. The fourth-order valence-corrected chi connectivity index (χ4v) is 2.66. The number of hydrogen-bond donors (Lipinski definition) is 2. The van der Waals surface area contributed by atoms with Gasteiger partial charge in [0.25, 0.3) is 11.8 Å². The van der Waals surface area contributed by atoms with E-state index in [9.17, 15) is 19.7 Å². The molecule has 3 rings (SSSR count). The third-order valence-corrected chi connectivity index (χ3v) is 4.35. The summed E-state index contributed by atoms with van der Waals surface area (Å²) in [5, 5.41) is 16.1. The van der Waals surface area contributed by atoms with Crippen molar-refractivity contribution < 1.29 is 14.5 Å². The smallest absolute Gasteiger partial charge is 0.324 e. The van der Waals surface area contributed by atoms with Gasteiger partial charge in [-0.2, -0.15) is 0 Å². The number of carbonyl (C=O) groups is 2. The molecule has 1 aliphatic carbocycles. The van der Waals surface area contributed by atoms with Crippen LogP contribution in [-0.4, -0.2) is 22.8 Å². The van der Waals surface area contributed by atoms with Crippen LogP contribution >= 0.6 is 11.3 Å². The molecule has 0 aliphatic heterocycles. The molecule has 1 fully saturated rings. The maximum Gasteiger partial charge on any atom is 0.324 e. The molecule has 0 spiro atoms. The van der Waals surface area contributed by atoms with Gasteiger partial charge in [-0.3, -0.25) is 19.7 Å². The quantitative estimate of drug-likeness (QED) is 0.649. The monoisotopic (exact) mass is 331 g/mol. The van der Waals surface area contributed by atoms with Crippen LogP contribution in [0.5, 0.6) is 0 Å². The normalized spacial score (nSPS) is 13.4. The molecular formula is C15H13N3O4S. The average Bonchev–Trinajstić information content (AvgIpc) is 3.19. The first-order valence-electron chi connectivity index (χ1n) is 6.99. The fourth-order valence-electron chi connectivity index (χ4n) is 1.94. The van der Waals surface area contributed by atoms with Gasteiger partial charge in [-0.15, -0.1) is 0 Å². The molecule has 1 heterocycles. The summed E-state index contributed by atoms with van der Waals surface area (Å²) < 4.78 is 0. The summed E-state index contributed by atoms with van der Waals surface area (Å²) in [6.45, 7) is 0. The second-order valence-corrected chi connectivity index (χ2v) is 6.24. The minimum Gasteiger partial charge on any atom is -0.349 e. The van der Waals surface area contributed by atoms with Gasteiger partial charge >= 0.3 is 5.00 Å². The highest BCUT2D eigenvalue weighted by Crippen LogP contribution is 2.25. The van der Waals surface area contributed by atoms with Gasteiger partial charge in [0.2, 0.25) is 0 Å². The summed E-state index contributed by atoms with van der Waals surface area (Å²) in [6, 6.07) is 9.51. The zero-order valence-electron chi connectivity index (χ0n) is 11.9. The summed E-state index contributed by atoms with van der Waals surface area (Å²) in [5.74, 6) is -0.544. The molecule has 1 saturated carbocycles. The molecule has 0 unspecified atom stereocenters. The van der Waals surface area contributed by atoms with Gasteiger partial charge in [-0.05, 0) is 43.2 Å². The van der Waals surface area contributed by atoms with Crippen molar-refractivity contribution in [1.29, 1.82) is 0 Å². The van der Waals surface area contributed by atoms with E-state index < -0.39 is 10.8 Å². The molecule has 1 aromatic carbocycles. The van der Waals surface area contributed by atoms with Gasteiger partial charge in [0.05, 0.1) is 9.80 Å². The van der Waals surface area contributed by atoms with Crippen LogP contribution < -0.4 is 10.6 Å². The summed E-state index contributed by atoms with van der Waals surface area (Å²) >= 11 is 0.815. The van der Waals surface area contributed by atoms with Crippen LogP contribution in [-0.2, 0) is 0 Å². The van der Waals surface area contributed by atoms with Crippen molar-refractivity contribution in [2.75, 3.05) is 5.32 Å². The van der Waals surface area contributed by atoms with E-state index in [4.69, 9.17) is 0 Å². The maximum atomic E-state index is 12.0. The Labute approximate surface area is 135 Å². The Morgan fingerprint density at radius 3 is 2.35 bits per heavy atom. The number of nitro groups is 1. The van der Waals surface area contributed by atoms with Crippen molar-refractivity contribution in [3.05, 3.63) is 57.0 Å². The zero-order valence-corrected chi connectivity index (χ0v) is 12.8. The van der Waals surface area contributed by atoms with Crippen molar-refractivity contribution in [1.82, 2.24) is 5.32 Å². The highest BCUT2D eigenvalue weighted by Gasteiger charge is 2.23. The van der Waals surface area contributed by atoms with E-state index >= 15 is 0 Å². The third-order valence-electron chi connectivity index (χ3n) is 3.31. The highest BCUT2D eigenvalue weighted by atomic mass is 32.1. The van der Waals surface area contributed by atoms with Crippen molar-refractivity contribution in [2.45, 2.75) is 18.9 Å². The molecule has 23 heavy (non-hydrogen) atoms. The molecule has 118 valence electrons. The maximum absolute atomic E-state index is 12.0. The number of benzene rings is 1. The summed E-state index contributed by atoms with van der Waals surface area (Å²) in [7, 11) is 0. The van der Waals surface area contributed by atoms with Gasteiger partial charge < -0.3 is 10.6 Å². The molecule has 2 amide bonds. The van der Waals surface area contributed by atoms with Crippen LogP contribution in [0.4, 0.5) is 10.7 Å². The number of hydrogen-bond acceptors (Lipinski definition) is 5. The molecule has 7 nitrogen and oxygen atoms in total. The van der Waals surface area contributed by atoms with E-state index in [1.165, 1.54) is 12.1 Å². The third kappa shape index (κ3) is 3.72. The molecule has 1 aliphatic rings. The van der Waals surface area contributed by atoms with Gasteiger partial charge in [-0.1, -0.05) is 11.3 Å². The number of rotatable bonds is 5. The molecule has 2 aromatic rings. The topological polar surface area (TPSA) is 101 Å². The molecular weight excluding hydrogens is 318 g/mol. The molecule has 0 bridgehead atoms. The van der Waals surface area contributed by atoms with Gasteiger partial charge in [0.1, 0.15) is 0 Å². The van der Waals surface area contributed by atoms with Gasteiger partial charge in [0.15, 0.2) is 0 Å². The summed E-state index contributed by atoms with van der Waals surface area (Å²) in [5.41, 5.74) is 1.05.